The van der Waals surface area contributed by atoms with Gasteiger partial charge >= 0.3 is 0 Å². The largest absolute Gasteiger partial charge is 0.493 e. The van der Waals surface area contributed by atoms with Crippen LogP contribution in [-0.2, 0) is 0 Å². The third-order valence-corrected chi connectivity index (χ3v) is 1.95. The van der Waals surface area contributed by atoms with Crippen LogP contribution in [0.2, 0.25) is 0 Å². The highest BCUT2D eigenvalue weighted by Crippen LogP contribution is 2.34. The second kappa shape index (κ2) is 3.45. The summed E-state index contributed by atoms with van der Waals surface area (Å²) < 4.78 is 0. The molecule has 76 valence electrons. The Balaban J connectivity index is 2.64. The molecule has 0 radical (unpaired) electrons. The Morgan fingerprint density at radius 2 is 1.47 bits per heavy atom. The van der Waals surface area contributed by atoms with E-state index in [2.05, 4.69) is 9.97 Å². The van der Waals surface area contributed by atoms with Crippen molar-refractivity contribution in [2.45, 2.75) is 0 Å². The second-order valence-electron chi connectivity index (χ2n) is 2.97. The van der Waals surface area contributed by atoms with Crippen molar-refractivity contribution < 1.29 is 10.2 Å². The molecule has 4 N–H and O–H groups in total. The molecule has 0 aliphatic rings. The van der Waals surface area contributed by atoms with Crippen molar-refractivity contribution in [1.29, 1.82) is 0 Å². The number of nitrogens with two attached hydrogens (primary N) is 1. The quantitative estimate of drug-likeness (QED) is 0.646. The Morgan fingerprint density at radius 1 is 0.933 bits per heavy atom. The molecule has 0 amide bonds. The van der Waals surface area contributed by atoms with Gasteiger partial charge in [0, 0.05) is 0 Å². The Bertz CT molecular complexity index is 462. The molecule has 15 heavy (non-hydrogen) atoms. The molecular formula is C10H9N3O2. The smallest absolute Gasteiger partial charge is 0.227 e. The number of nitrogen functional groups attached to an aromatic ring is 1. The molecule has 0 saturated carbocycles. The van der Waals surface area contributed by atoms with E-state index in [4.69, 9.17) is 5.73 Å². The van der Waals surface area contributed by atoms with Gasteiger partial charge in [0.15, 0.2) is 0 Å². The van der Waals surface area contributed by atoms with Crippen LogP contribution >= 0.6 is 0 Å². The van der Waals surface area contributed by atoms with Gasteiger partial charge in [0.2, 0.25) is 17.7 Å². The molecule has 0 fully saturated rings. The van der Waals surface area contributed by atoms with E-state index in [1.165, 1.54) is 0 Å². The fraction of sp³-hybridized carbons (Fsp3) is 0. The third-order valence-electron chi connectivity index (χ3n) is 1.95. The van der Waals surface area contributed by atoms with Crippen molar-refractivity contribution in [3.05, 3.63) is 30.3 Å². The molecule has 1 aromatic carbocycles. The summed E-state index contributed by atoms with van der Waals surface area (Å²) >= 11 is 0. The number of anilines is 1. The van der Waals surface area contributed by atoms with Crippen LogP contribution in [0.3, 0.4) is 0 Å². The Kier molecular flexibility index (Phi) is 2.13. The first-order valence-corrected chi connectivity index (χ1v) is 4.29. The minimum atomic E-state index is -0.328. The van der Waals surface area contributed by atoms with Gasteiger partial charge in [-0.1, -0.05) is 30.3 Å². The Labute approximate surface area is 85.9 Å². The second-order valence-corrected chi connectivity index (χ2v) is 2.97. The zero-order valence-electron chi connectivity index (χ0n) is 7.75. The molecule has 2 rings (SSSR count). The predicted octanol–water partition coefficient (Wildman–Crippen LogP) is 1.14. The Morgan fingerprint density at radius 3 is 2.00 bits per heavy atom. The highest BCUT2D eigenvalue weighted by Gasteiger charge is 2.13. The van der Waals surface area contributed by atoms with Crippen LogP contribution in [0, 0.1) is 0 Å². The molecule has 1 aromatic heterocycles. The minimum Gasteiger partial charge on any atom is -0.493 e. The van der Waals surface area contributed by atoms with Crippen LogP contribution < -0.4 is 5.73 Å². The first kappa shape index (κ1) is 9.26. The van der Waals surface area contributed by atoms with E-state index in [1.807, 2.05) is 6.07 Å². The van der Waals surface area contributed by atoms with Crippen LogP contribution in [0.5, 0.6) is 11.8 Å². The minimum absolute atomic E-state index is 0.162. The van der Waals surface area contributed by atoms with E-state index in [9.17, 15) is 10.2 Å². The average Bonchev–Trinajstić information content (AvgIpc) is 2.17. The summed E-state index contributed by atoms with van der Waals surface area (Å²) in [6.07, 6.45) is 0. The number of aromatic hydroxyl groups is 2. The third kappa shape index (κ3) is 1.67. The number of nitrogens with zero attached hydrogens (tertiary/aromatic N) is 2. The maximum absolute atomic E-state index is 9.53. The van der Waals surface area contributed by atoms with Gasteiger partial charge in [-0.15, -0.1) is 0 Å². The number of hydrogen-bond acceptors (Lipinski definition) is 5. The summed E-state index contributed by atoms with van der Waals surface area (Å²) in [5.74, 6) is -0.818. The molecule has 2 aromatic rings. The number of benzene rings is 1. The van der Waals surface area contributed by atoms with Gasteiger partial charge < -0.3 is 15.9 Å². The van der Waals surface area contributed by atoms with Crippen LogP contribution in [0.15, 0.2) is 30.3 Å². The van der Waals surface area contributed by atoms with Gasteiger partial charge in [0.05, 0.1) is 0 Å². The lowest BCUT2D eigenvalue weighted by Crippen LogP contribution is -1.96. The Hall–Kier alpha value is -2.30. The summed E-state index contributed by atoms with van der Waals surface area (Å²) in [5.41, 5.74) is 6.08. The zero-order valence-corrected chi connectivity index (χ0v) is 7.75. The number of aromatic nitrogens is 2. The fourth-order valence-corrected chi connectivity index (χ4v) is 1.32. The molecule has 5 nitrogen and oxygen atoms in total. The summed E-state index contributed by atoms with van der Waals surface area (Å²) in [6, 6.07) is 8.85. The van der Waals surface area contributed by atoms with Crippen molar-refractivity contribution in [2.75, 3.05) is 5.73 Å². The van der Waals surface area contributed by atoms with Crippen LogP contribution in [-0.4, -0.2) is 20.2 Å². The van der Waals surface area contributed by atoms with Gasteiger partial charge in [-0.05, 0) is 5.56 Å². The zero-order chi connectivity index (χ0) is 10.8. The lowest BCUT2D eigenvalue weighted by molar-refractivity contribution is 0.427. The molecule has 0 saturated heterocycles. The molecule has 0 aliphatic carbocycles. The average molecular weight is 203 g/mol. The standard InChI is InChI=1S/C10H9N3O2/c11-10-12-8(14)7(9(15)13-10)6-4-2-1-3-5-6/h1-5H,(H4,11,12,13,14,15). The van der Waals surface area contributed by atoms with E-state index in [1.54, 1.807) is 24.3 Å². The molecule has 0 aliphatic heterocycles. The molecular weight excluding hydrogens is 194 g/mol. The van der Waals surface area contributed by atoms with Crippen LogP contribution in [0.25, 0.3) is 11.1 Å². The predicted molar refractivity (Wildman–Crippen MR) is 55.2 cm³/mol. The normalized spacial score (nSPS) is 10.1. The summed E-state index contributed by atoms with van der Waals surface area (Å²) in [6.45, 7) is 0. The van der Waals surface area contributed by atoms with Crippen LogP contribution in [0.1, 0.15) is 0 Å². The summed E-state index contributed by atoms with van der Waals surface area (Å²) in [4.78, 5) is 7.15. The molecule has 5 heteroatoms. The summed E-state index contributed by atoms with van der Waals surface area (Å²) in [7, 11) is 0. The summed E-state index contributed by atoms with van der Waals surface area (Å²) in [5, 5.41) is 19.1. The van der Waals surface area contributed by atoms with E-state index >= 15 is 0 Å². The number of hydrogen-bond donors (Lipinski definition) is 3. The SMILES string of the molecule is Nc1nc(O)c(-c2ccccc2)c(O)n1. The lowest BCUT2D eigenvalue weighted by Gasteiger charge is -2.05. The van der Waals surface area contributed by atoms with Gasteiger partial charge in [0.1, 0.15) is 5.56 Å². The lowest BCUT2D eigenvalue weighted by atomic mass is 10.1. The van der Waals surface area contributed by atoms with Gasteiger partial charge in [0.25, 0.3) is 0 Å². The van der Waals surface area contributed by atoms with E-state index < -0.39 is 0 Å². The molecule has 1 heterocycles. The van der Waals surface area contributed by atoms with E-state index in [0.29, 0.717) is 5.56 Å². The first-order valence-electron chi connectivity index (χ1n) is 4.29. The van der Waals surface area contributed by atoms with Crippen molar-refractivity contribution in [1.82, 2.24) is 9.97 Å². The molecule has 0 spiro atoms. The maximum atomic E-state index is 9.53. The molecule has 0 unspecified atom stereocenters. The topological polar surface area (TPSA) is 92.3 Å². The monoisotopic (exact) mass is 203 g/mol. The molecule has 0 atom stereocenters. The maximum Gasteiger partial charge on any atom is 0.227 e. The number of rotatable bonds is 1. The van der Waals surface area contributed by atoms with Crippen molar-refractivity contribution >= 4 is 5.95 Å². The highest BCUT2D eigenvalue weighted by atomic mass is 16.3. The fourth-order valence-electron chi connectivity index (χ4n) is 1.32. The van der Waals surface area contributed by atoms with Crippen molar-refractivity contribution in [3.63, 3.8) is 0 Å². The van der Waals surface area contributed by atoms with Crippen LogP contribution in [0.4, 0.5) is 5.95 Å². The molecule has 0 bridgehead atoms. The van der Waals surface area contributed by atoms with Gasteiger partial charge in [-0.25, -0.2) is 0 Å². The van der Waals surface area contributed by atoms with E-state index in [-0.39, 0.29) is 23.3 Å². The van der Waals surface area contributed by atoms with Crippen molar-refractivity contribution in [3.8, 4) is 22.9 Å². The van der Waals surface area contributed by atoms with Gasteiger partial charge in [-0.2, -0.15) is 9.97 Å². The van der Waals surface area contributed by atoms with E-state index in [0.717, 1.165) is 0 Å². The van der Waals surface area contributed by atoms with Crippen molar-refractivity contribution in [2.24, 2.45) is 0 Å². The highest BCUT2D eigenvalue weighted by molar-refractivity contribution is 5.73. The first-order chi connectivity index (χ1) is 7.18. The van der Waals surface area contributed by atoms with Gasteiger partial charge in [-0.3, -0.25) is 0 Å².